The molecule has 1 aliphatic heterocycles. The average molecular weight is 796 g/mol. The van der Waals surface area contributed by atoms with Crippen molar-refractivity contribution >= 4 is 66.1 Å². The molecule has 1 aliphatic rings. The van der Waals surface area contributed by atoms with E-state index < -0.39 is 0 Å². The SMILES string of the molecule is c1ccc(-n2c3cccc(-c4nc(-c5ccc(-c6ccc7ccccc7c6)cc5)nc(-c5cccc6ccccc56)n4)c3c3c4cccc5c4n(c32)-c2ccccc2S5)cc1. The second kappa shape index (κ2) is 13.4. The molecule has 0 bridgehead atoms. The Morgan fingerprint density at radius 2 is 1.00 bits per heavy atom. The fourth-order valence-electron chi connectivity index (χ4n) is 9.39. The Hall–Kier alpha value is -7.80. The van der Waals surface area contributed by atoms with Crippen molar-refractivity contribution in [3.05, 3.63) is 200 Å². The largest absolute Gasteiger partial charge is 0.295 e. The summed E-state index contributed by atoms with van der Waals surface area (Å²) in [6.45, 7) is 0. The van der Waals surface area contributed by atoms with Gasteiger partial charge < -0.3 is 0 Å². The molecule has 0 saturated heterocycles. The molecular formula is C55H33N5S. The van der Waals surface area contributed by atoms with Crippen molar-refractivity contribution in [3.8, 4) is 56.7 Å². The van der Waals surface area contributed by atoms with Gasteiger partial charge in [0.2, 0.25) is 0 Å². The van der Waals surface area contributed by atoms with E-state index in [1.165, 1.54) is 48.1 Å². The van der Waals surface area contributed by atoms with Crippen LogP contribution in [0.1, 0.15) is 0 Å². The van der Waals surface area contributed by atoms with E-state index in [0.717, 1.165) is 55.3 Å². The summed E-state index contributed by atoms with van der Waals surface area (Å²) in [7, 11) is 0. The Morgan fingerprint density at radius 3 is 1.89 bits per heavy atom. The minimum atomic E-state index is 0.627. The van der Waals surface area contributed by atoms with Gasteiger partial charge in [-0.1, -0.05) is 169 Å². The van der Waals surface area contributed by atoms with Gasteiger partial charge in [-0.15, -0.1) is 0 Å². The second-order valence-corrected chi connectivity index (χ2v) is 16.7. The van der Waals surface area contributed by atoms with Crippen LogP contribution in [-0.4, -0.2) is 24.1 Å². The van der Waals surface area contributed by atoms with Gasteiger partial charge in [-0.2, -0.15) is 0 Å². The zero-order chi connectivity index (χ0) is 40.0. The van der Waals surface area contributed by atoms with Crippen molar-refractivity contribution in [2.75, 3.05) is 0 Å². The molecule has 61 heavy (non-hydrogen) atoms. The van der Waals surface area contributed by atoms with Crippen molar-refractivity contribution in [1.82, 2.24) is 24.1 Å². The van der Waals surface area contributed by atoms with E-state index in [2.05, 4.69) is 209 Å². The third kappa shape index (κ3) is 5.26. The Kier molecular flexibility index (Phi) is 7.47. The molecule has 4 heterocycles. The van der Waals surface area contributed by atoms with Crippen LogP contribution in [0.2, 0.25) is 0 Å². The summed E-state index contributed by atoms with van der Waals surface area (Å²) < 4.78 is 4.89. The first kappa shape index (κ1) is 34.1. The van der Waals surface area contributed by atoms with Crippen LogP contribution in [0.25, 0.3) is 111 Å². The zero-order valence-corrected chi connectivity index (χ0v) is 33.5. The Morgan fingerprint density at radius 1 is 0.377 bits per heavy atom. The zero-order valence-electron chi connectivity index (χ0n) is 32.7. The molecule has 9 aromatic carbocycles. The first-order valence-electron chi connectivity index (χ1n) is 20.5. The number of hydrogen-bond donors (Lipinski definition) is 0. The molecule has 0 amide bonds. The average Bonchev–Trinajstić information content (AvgIpc) is 3.85. The van der Waals surface area contributed by atoms with Gasteiger partial charge in [-0.05, 0) is 75.1 Å². The topological polar surface area (TPSA) is 48.5 Å². The maximum absolute atomic E-state index is 5.41. The molecule has 0 unspecified atom stereocenters. The van der Waals surface area contributed by atoms with E-state index in [-0.39, 0.29) is 0 Å². The number of nitrogens with zero attached hydrogens (tertiary/aromatic N) is 5. The Labute approximate surface area is 355 Å². The number of hydrogen-bond acceptors (Lipinski definition) is 4. The molecule has 6 heteroatoms. The monoisotopic (exact) mass is 795 g/mol. The van der Waals surface area contributed by atoms with Crippen LogP contribution in [0.4, 0.5) is 0 Å². The summed E-state index contributed by atoms with van der Waals surface area (Å²) in [6, 6.07) is 71.3. The molecule has 5 nitrogen and oxygen atoms in total. The van der Waals surface area contributed by atoms with Gasteiger partial charge in [0.1, 0.15) is 5.65 Å². The molecule has 0 aliphatic carbocycles. The van der Waals surface area contributed by atoms with Gasteiger partial charge in [0.25, 0.3) is 0 Å². The smallest absolute Gasteiger partial charge is 0.164 e. The van der Waals surface area contributed by atoms with Crippen molar-refractivity contribution in [2.24, 2.45) is 0 Å². The fourth-order valence-corrected chi connectivity index (χ4v) is 10.5. The molecule has 13 rings (SSSR count). The normalized spacial score (nSPS) is 12.2. The molecule has 3 aromatic heterocycles. The highest BCUT2D eigenvalue weighted by molar-refractivity contribution is 7.99. The molecule has 0 atom stereocenters. The molecule has 0 N–H and O–H groups in total. The molecule has 12 aromatic rings. The van der Waals surface area contributed by atoms with E-state index >= 15 is 0 Å². The molecule has 0 radical (unpaired) electrons. The highest BCUT2D eigenvalue weighted by Crippen LogP contribution is 2.50. The third-order valence-corrected chi connectivity index (χ3v) is 13.3. The summed E-state index contributed by atoms with van der Waals surface area (Å²) in [4.78, 5) is 18.5. The highest BCUT2D eigenvalue weighted by atomic mass is 32.2. The van der Waals surface area contributed by atoms with Gasteiger partial charge in [-0.25, -0.2) is 15.0 Å². The Bertz CT molecular complexity index is 3730. The minimum absolute atomic E-state index is 0.627. The number of para-hydroxylation sites is 3. The Balaban J connectivity index is 1.09. The summed E-state index contributed by atoms with van der Waals surface area (Å²) in [6.07, 6.45) is 0. The lowest BCUT2D eigenvalue weighted by atomic mass is 10.00. The lowest BCUT2D eigenvalue weighted by molar-refractivity contribution is 1.03. The van der Waals surface area contributed by atoms with Crippen molar-refractivity contribution in [2.45, 2.75) is 9.79 Å². The lowest BCUT2D eigenvalue weighted by Gasteiger charge is -2.21. The van der Waals surface area contributed by atoms with Gasteiger partial charge in [-0.3, -0.25) is 9.13 Å². The summed E-state index contributed by atoms with van der Waals surface area (Å²) in [5, 5.41) is 8.18. The minimum Gasteiger partial charge on any atom is -0.295 e. The molecule has 0 fully saturated rings. The van der Waals surface area contributed by atoms with Crippen molar-refractivity contribution < 1.29 is 0 Å². The fraction of sp³-hybridized carbons (Fsp3) is 0. The lowest BCUT2D eigenvalue weighted by Crippen LogP contribution is -2.05. The molecular weight excluding hydrogens is 763 g/mol. The van der Waals surface area contributed by atoms with Crippen LogP contribution in [-0.2, 0) is 0 Å². The van der Waals surface area contributed by atoms with E-state index in [1.54, 1.807) is 0 Å². The van der Waals surface area contributed by atoms with Crippen LogP contribution >= 0.6 is 11.8 Å². The quantitative estimate of drug-likeness (QED) is 0.174. The summed E-state index contributed by atoms with van der Waals surface area (Å²) in [5.74, 6) is 1.90. The van der Waals surface area contributed by atoms with Gasteiger partial charge in [0.15, 0.2) is 17.5 Å². The number of aromatic nitrogens is 5. The van der Waals surface area contributed by atoms with Crippen LogP contribution in [0, 0.1) is 0 Å². The van der Waals surface area contributed by atoms with Crippen LogP contribution < -0.4 is 0 Å². The van der Waals surface area contributed by atoms with Gasteiger partial charge >= 0.3 is 0 Å². The van der Waals surface area contributed by atoms with E-state index in [0.29, 0.717) is 17.5 Å². The van der Waals surface area contributed by atoms with E-state index in [9.17, 15) is 0 Å². The number of benzene rings is 9. The van der Waals surface area contributed by atoms with E-state index in [4.69, 9.17) is 15.0 Å². The van der Waals surface area contributed by atoms with Crippen LogP contribution in [0.15, 0.2) is 210 Å². The maximum Gasteiger partial charge on any atom is 0.164 e. The van der Waals surface area contributed by atoms with Crippen LogP contribution in [0.3, 0.4) is 0 Å². The second-order valence-electron chi connectivity index (χ2n) is 15.6. The van der Waals surface area contributed by atoms with Gasteiger partial charge in [0.05, 0.1) is 16.7 Å². The summed E-state index contributed by atoms with van der Waals surface area (Å²) >= 11 is 1.84. The third-order valence-electron chi connectivity index (χ3n) is 12.1. The van der Waals surface area contributed by atoms with Crippen LogP contribution in [0.5, 0.6) is 0 Å². The number of fused-ring (bicyclic) bond motifs is 9. The first-order chi connectivity index (χ1) is 30.2. The van der Waals surface area contributed by atoms with Gasteiger partial charge in [0, 0.05) is 48.3 Å². The maximum atomic E-state index is 5.41. The van der Waals surface area contributed by atoms with Crippen molar-refractivity contribution in [3.63, 3.8) is 0 Å². The molecule has 0 spiro atoms. The summed E-state index contributed by atoms with van der Waals surface area (Å²) in [5.41, 5.74) is 10.9. The number of rotatable bonds is 5. The first-order valence-corrected chi connectivity index (χ1v) is 21.3. The standard InChI is InChI=1S/C55H33N5S/c1-2-17-40(18-3-1)59-46-24-11-22-44(49(46)50-43-21-12-26-48-51(43)60(55(50)59)45-23-8-9-25-47(45)61-48)54-57-52(56-53(58-54)42-20-10-16-36-14-6-7-19-41(36)42)37-30-27-35(28-31-37)39-32-29-34-13-4-5-15-38(34)33-39/h1-33H. The van der Waals surface area contributed by atoms with E-state index in [1.807, 2.05) is 11.8 Å². The predicted molar refractivity (Wildman–Crippen MR) is 252 cm³/mol. The van der Waals surface area contributed by atoms with Crippen molar-refractivity contribution in [1.29, 1.82) is 0 Å². The molecule has 0 saturated carbocycles. The molecule has 284 valence electrons. The predicted octanol–water partition coefficient (Wildman–Crippen LogP) is 14.4. The highest BCUT2D eigenvalue weighted by Gasteiger charge is 2.29.